The highest BCUT2D eigenvalue weighted by atomic mass is 32.1. The second-order valence-electron chi connectivity index (χ2n) is 3.12. The molecule has 3 N–H and O–H groups in total. The van der Waals surface area contributed by atoms with Crippen molar-refractivity contribution < 1.29 is 0 Å². The van der Waals surface area contributed by atoms with Crippen molar-refractivity contribution in [1.82, 2.24) is 15.2 Å². The molecule has 2 aromatic rings. The Morgan fingerprint density at radius 3 is 3.00 bits per heavy atom. The normalized spacial score (nSPS) is 17.3. The molecule has 0 spiro atoms. The van der Waals surface area contributed by atoms with Crippen molar-refractivity contribution in [2.75, 3.05) is 5.73 Å². The number of rotatable bonds is 1. The van der Waals surface area contributed by atoms with E-state index in [4.69, 9.17) is 5.73 Å². The first-order chi connectivity index (χ1) is 5.84. The lowest BCUT2D eigenvalue weighted by Crippen LogP contribution is -1.85. The summed E-state index contributed by atoms with van der Waals surface area (Å²) in [4.78, 5) is 5.37. The van der Waals surface area contributed by atoms with Crippen LogP contribution in [0.1, 0.15) is 23.8 Å². The van der Waals surface area contributed by atoms with Gasteiger partial charge in [0.1, 0.15) is 11.3 Å². The Morgan fingerprint density at radius 1 is 1.50 bits per heavy atom. The van der Waals surface area contributed by atoms with Crippen LogP contribution < -0.4 is 5.73 Å². The van der Waals surface area contributed by atoms with Crippen LogP contribution in [0, 0.1) is 0 Å². The molecule has 0 saturated heterocycles. The van der Waals surface area contributed by atoms with Gasteiger partial charge < -0.3 is 5.73 Å². The van der Waals surface area contributed by atoms with Crippen LogP contribution in [-0.4, -0.2) is 15.2 Å². The number of anilines is 1. The number of H-pyrrole nitrogens is 1. The minimum Gasteiger partial charge on any atom is -0.382 e. The predicted molar refractivity (Wildman–Crippen MR) is 48.2 cm³/mol. The van der Waals surface area contributed by atoms with Crippen LogP contribution in [0.4, 0.5) is 5.82 Å². The highest BCUT2D eigenvalue weighted by molar-refractivity contribution is 7.18. The van der Waals surface area contributed by atoms with Gasteiger partial charge >= 0.3 is 0 Å². The van der Waals surface area contributed by atoms with E-state index in [9.17, 15) is 0 Å². The van der Waals surface area contributed by atoms with Gasteiger partial charge in [0.25, 0.3) is 0 Å². The maximum atomic E-state index is 5.64. The lowest BCUT2D eigenvalue weighted by atomic mass is 10.4. The van der Waals surface area contributed by atoms with E-state index in [-0.39, 0.29) is 0 Å². The summed E-state index contributed by atoms with van der Waals surface area (Å²) in [5.41, 5.74) is 6.49. The molecule has 0 radical (unpaired) electrons. The molecule has 1 aliphatic carbocycles. The number of nitrogens with one attached hydrogen (secondary N) is 1. The van der Waals surface area contributed by atoms with E-state index >= 15 is 0 Å². The molecule has 5 heteroatoms. The van der Waals surface area contributed by atoms with Crippen molar-refractivity contribution in [3.8, 4) is 0 Å². The van der Waals surface area contributed by atoms with Crippen molar-refractivity contribution in [1.29, 1.82) is 0 Å². The largest absolute Gasteiger partial charge is 0.382 e. The standard InChI is InChI=1S/C7H8N4S/c8-5-4-7(11-10-5)12-6(9-4)3-1-2-3/h3H,1-2H2,(H3,8,10,11). The molecule has 1 aliphatic rings. The fraction of sp³-hybridized carbons (Fsp3) is 0.429. The average molecular weight is 180 g/mol. The van der Waals surface area contributed by atoms with Gasteiger partial charge in [-0.1, -0.05) is 11.3 Å². The number of nitrogens with two attached hydrogens (primary N) is 1. The summed E-state index contributed by atoms with van der Waals surface area (Å²) in [6.45, 7) is 0. The molecule has 0 aliphatic heterocycles. The van der Waals surface area contributed by atoms with E-state index in [1.807, 2.05) is 0 Å². The summed E-state index contributed by atoms with van der Waals surface area (Å²) in [7, 11) is 0. The summed E-state index contributed by atoms with van der Waals surface area (Å²) < 4.78 is 0. The number of aromatic nitrogens is 3. The highest BCUT2D eigenvalue weighted by Gasteiger charge is 2.27. The van der Waals surface area contributed by atoms with Crippen LogP contribution in [0.2, 0.25) is 0 Å². The number of nitrogen functional groups attached to an aromatic ring is 1. The number of hydrogen-bond acceptors (Lipinski definition) is 4. The lowest BCUT2D eigenvalue weighted by molar-refractivity contribution is 1.09. The van der Waals surface area contributed by atoms with Crippen molar-refractivity contribution >= 4 is 27.5 Å². The summed E-state index contributed by atoms with van der Waals surface area (Å²) in [5.74, 6) is 1.29. The van der Waals surface area contributed by atoms with Gasteiger partial charge in [-0.2, -0.15) is 5.10 Å². The Labute approximate surface area is 72.8 Å². The van der Waals surface area contributed by atoms with Crippen LogP contribution in [0.15, 0.2) is 0 Å². The quantitative estimate of drug-likeness (QED) is 0.698. The Hall–Kier alpha value is -1.10. The summed E-state index contributed by atoms with van der Waals surface area (Å²) in [6.07, 6.45) is 2.56. The van der Waals surface area contributed by atoms with Gasteiger partial charge in [0.2, 0.25) is 0 Å². The molecular weight excluding hydrogens is 172 g/mol. The number of aromatic amines is 1. The smallest absolute Gasteiger partial charge is 0.167 e. The first kappa shape index (κ1) is 6.42. The molecule has 1 saturated carbocycles. The molecule has 0 amide bonds. The third-order valence-corrected chi connectivity index (χ3v) is 3.20. The van der Waals surface area contributed by atoms with Gasteiger partial charge in [-0.25, -0.2) is 4.98 Å². The maximum absolute atomic E-state index is 5.64. The molecule has 1 fully saturated rings. The summed E-state index contributed by atoms with van der Waals surface area (Å²) >= 11 is 1.66. The molecular formula is C7H8N4S. The SMILES string of the molecule is Nc1[nH]nc2sc(C3CC3)nc12. The first-order valence-corrected chi connectivity index (χ1v) is 4.76. The van der Waals surface area contributed by atoms with Crippen molar-refractivity contribution in [3.63, 3.8) is 0 Å². The molecule has 4 nitrogen and oxygen atoms in total. The number of nitrogens with zero attached hydrogens (tertiary/aromatic N) is 2. The van der Waals surface area contributed by atoms with Gasteiger partial charge in [-0.3, -0.25) is 5.10 Å². The molecule has 62 valence electrons. The highest BCUT2D eigenvalue weighted by Crippen LogP contribution is 2.43. The molecule has 0 atom stereocenters. The number of fused-ring (bicyclic) bond motifs is 1. The molecule has 3 rings (SSSR count). The van der Waals surface area contributed by atoms with Gasteiger partial charge in [0.05, 0.1) is 5.01 Å². The summed E-state index contributed by atoms with van der Waals surface area (Å²) in [5, 5.41) is 7.98. The van der Waals surface area contributed by atoms with Crippen LogP contribution in [0.3, 0.4) is 0 Å². The Kier molecular flexibility index (Phi) is 1.06. The minimum atomic E-state index is 0.591. The first-order valence-electron chi connectivity index (χ1n) is 3.95. The zero-order valence-electron chi connectivity index (χ0n) is 6.37. The molecule has 0 bridgehead atoms. The third kappa shape index (κ3) is 0.768. The van der Waals surface area contributed by atoms with Crippen molar-refractivity contribution in [3.05, 3.63) is 5.01 Å². The molecule has 0 aromatic carbocycles. The number of thiazole rings is 1. The van der Waals surface area contributed by atoms with E-state index in [1.54, 1.807) is 11.3 Å². The van der Waals surface area contributed by atoms with E-state index in [2.05, 4.69) is 15.2 Å². The summed E-state index contributed by atoms with van der Waals surface area (Å²) in [6, 6.07) is 0. The molecule has 2 aromatic heterocycles. The molecule has 2 heterocycles. The van der Waals surface area contributed by atoms with Crippen LogP contribution in [0.5, 0.6) is 0 Å². The van der Waals surface area contributed by atoms with Gasteiger partial charge in [-0.15, -0.1) is 0 Å². The van der Waals surface area contributed by atoms with E-state index in [1.165, 1.54) is 17.8 Å². The Morgan fingerprint density at radius 2 is 2.33 bits per heavy atom. The van der Waals surface area contributed by atoms with E-state index < -0.39 is 0 Å². The second kappa shape index (κ2) is 1.98. The lowest BCUT2D eigenvalue weighted by Gasteiger charge is -1.84. The average Bonchev–Trinajstić information content (AvgIpc) is 2.73. The van der Waals surface area contributed by atoms with E-state index in [0.717, 1.165) is 10.3 Å². The fourth-order valence-corrected chi connectivity index (χ4v) is 2.33. The van der Waals surface area contributed by atoms with Gasteiger partial charge in [0, 0.05) is 5.92 Å². The van der Waals surface area contributed by atoms with Crippen LogP contribution in [-0.2, 0) is 0 Å². The van der Waals surface area contributed by atoms with Crippen molar-refractivity contribution in [2.24, 2.45) is 0 Å². The topological polar surface area (TPSA) is 67.6 Å². The molecule has 0 unspecified atom stereocenters. The third-order valence-electron chi connectivity index (χ3n) is 2.09. The number of hydrogen-bond donors (Lipinski definition) is 2. The van der Waals surface area contributed by atoms with Crippen LogP contribution in [0.25, 0.3) is 10.3 Å². The maximum Gasteiger partial charge on any atom is 0.167 e. The van der Waals surface area contributed by atoms with E-state index in [0.29, 0.717) is 11.7 Å². The van der Waals surface area contributed by atoms with Crippen molar-refractivity contribution in [2.45, 2.75) is 18.8 Å². The second-order valence-corrected chi connectivity index (χ2v) is 4.13. The van der Waals surface area contributed by atoms with Crippen LogP contribution >= 0.6 is 11.3 Å². The fourth-order valence-electron chi connectivity index (χ4n) is 1.25. The Balaban J connectivity index is 2.23. The monoisotopic (exact) mass is 180 g/mol. The van der Waals surface area contributed by atoms with Gasteiger partial charge in [0.15, 0.2) is 4.83 Å². The minimum absolute atomic E-state index is 0.591. The zero-order chi connectivity index (χ0) is 8.13. The zero-order valence-corrected chi connectivity index (χ0v) is 7.19. The predicted octanol–water partition coefficient (Wildman–Crippen LogP) is 1.48. The Bertz CT molecular complexity index is 425. The van der Waals surface area contributed by atoms with Gasteiger partial charge in [-0.05, 0) is 12.8 Å². The molecule has 12 heavy (non-hydrogen) atoms.